The van der Waals surface area contributed by atoms with E-state index in [2.05, 4.69) is 47.1 Å². The molecule has 1 amide bonds. The van der Waals surface area contributed by atoms with E-state index in [1.807, 2.05) is 61.5 Å². The maximum absolute atomic E-state index is 13.2. The van der Waals surface area contributed by atoms with Crippen molar-refractivity contribution in [1.29, 1.82) is 0 Å². The van der Waals surface area contributed by atoms with Crippen molar-refractivity contribution in [3.05, 3.63) is 98.9 Å². The fraction of sp³-hybridized carbons (Fsp3) is 0.214. The Morgan fingerprint density at radius 2 is 1.83 bits per heavy atom. The van der Waals surface area contributed by atoms with E-state index in [9.17, 15) is 4.79 Å². The molecule has 0 aliphatic carbocycles. The molecule has 1 heterocycles. The van der Waals surface area contributed by atoms with Crippen molar-refractivity contribution in [1.82, 2.24) is 4.90 Å². The fourth-order valence-corrected chi connectivity index (χ4v) is 4.96. The molecule has 0 unspecified atom stereocenters. The number of aryl methyl sites for hydroxylation is 1. The number of benzene rings is 3. The van der Waals surface area contributed by atoms with Crippen LogP contribution in [-0.2, 0) is 16.1 Å². The number of nitrogens with zero attached hydrogens (tertiary/aromatic N) is 2. The van der Waals surface area contributed by atoms with Gasteiger partial charge in [-0.2, -0.15) is 0 Å². The van der Waals surface area contributed by atoms with Crippen molar-refractivity contribution in [3.8, 4) is 5.75 Å². The van der Waals surface area contributed by atoms with Crippen molar-refractivity contribution in [2.24, 2.45) is 4.99 Å². The average Bonchev–Trinajstić information content (AvgIpc) is 3.14. The molecule has 0 saturated carbocycles. The van der Waals surface area contributed by atoms with Gasteiger partial charge in [0, 0.05) is 6.61 Å². The highest BCUT2D eigenvalue weighted by molar-refractivity contribution is 9.10. The summed E-state index contributed by atoms with van der Waals surface area (Å²) in [6.45, 7) is 6.02. The second-order valence-electron chi connectivity index (χ2n) is 7.96. The summed E-state index contributed by atoms with van der Waals surface area (Å²) < 4.78 is 12.3. The molecule has 0 N–H and O–H groups in total. The van der Waals surface area contributed by atoms with Gasteiger partial charge in [-0.1, -0.05) is 54.1 Å². The van der Waals surface area contributed by atoms with Gasteiger partial charge < -0.3 is 9.47 Å². The van der Waals surface area contributed by atoms with Gasteiger partial charge in [-0.25, -0.2) is 4.99 Å². The minimum absolute atomic E-state index is 0.0693. The maximum Gasteiger partial charge on any atom is 0.266 e. The number of amidine groups is 1. The van der Waals surface area contributed by atoms with Crippen LogP contribution < -0.4 is 4.74 Å². The zero-order chi connectivity index (χ0) is 24.6. The Morgan fingerprint density at radius 3 is 2.54 bits per heavy atom. The third kappa shape index (κ3) is 6.84. The van der Waals surface area contributed by atoms with E-state index in [0.717, 1.165) is 27.0 Å². The van der Waals surface area contributed by atoms with Gasteiger partial charge in [0.05, 0.1) is 28.2 Å². The van der Waals surface area contributed by atoms with Gasteiger partial charge in [0.2, 0.25) is 0 Å². The monoisotopic (exact) mass is 550 g/mol. The first-order valence-corrected chi connectivity index (χ1v) is 13.0. The normalized spacial score (nSPS) is 15.9. The van der Waals surface area contributed by atoms with Crippen LogP contribution in [0, 0.1) is 6.92 Å². The Kier molecular flexibility index (Phi) is 8.79. The summed E-state index contributed by atoms with van der Waals surface area (Å²) in [5.74, 6) is 0.683. The highest BCUT2D eigenvalue weighted by Gasteiger charge is 2.33. The Balaban J connectivity index is 1.51. The molecule has 4 rings (SSSR count). The van der Waals surface area contributed by atoms with Crippen molar-refractivity contribution < 1.29 is 14.3 Å². The zero-order valence-electron chi connectivity index (χ0n) is 19.7. The molecule has 180 valence electrons. The minimum Gasteiger partial charge on any atom is -0.488 e. The number of para-hydroxylation sites is 1. The molecule has 7 heteroatoms. The molecule has 0 radical (unpaired) electrons. The zero-order valence-corrected chi connectivity index (χ0v) is 22.1. The summed E-state index contributed by atoms with van der Waals surface area (Å²) in [5, 5.41) is 0.657. The Hall–Kier alpha value is -2.87. The maximum atomic E-state index is 13.2. The van der Waals surface area contributed by atoms with Gasteiger partial charge in [0.15, 0.2) is 5.17 Å². The predicted molar refractivity (Wildman–Crippen MR) is 147 cm³/mol. The summed E-state index contributed by atoms with van der Waals surface area (Å²) in [4.78, 5) is 20.2. The Bertz CT molecular complexity index is 1230. The molecule has 0 bridgehead atoms. The largest absolute Gasteiger partial charge is 0.488 e. The van der Waals surface area contributed by atoms with Gasteiger partial charge in [0.25, 0.3) is 5.91 Å². The Labute approximate surface area is 219 Å². The van der Waals surface area contributed by atoms with Crippen LogP contribution in [0.3, 0.4) is 0 Å². The van der Waals surface area contributed by atoms with E-state index < -0.39 is 0 Å². The minimum atomic E-state index is -0.0693. The van der Waals surface area contributed by atoms with Crippen LogP contribution in [0.25, 0.3) is 6.08 Å². The van der Waals surface area contributed by atoms with Gasteiger partial charge in [-0.05, 0) is 83.0 Å². The topological polar surface area (TPSA) is 51.1 Å². The smallest absolute Gasteiger partial charge is 0.266 e. The number of hydrogen-bond acceptors (Lipinski definition) is 5. The standard InChI is InChI=1S/C28H27BrN2O3S/c1-3-33-16-15-31-27(32)26(35-28(31)30-23-7-5-4-6-8-23)18-22-13-14-25(24(29)17-22)34-19-21-11-9-20(2)10-12-21/h4-14,17-18H,3,15-16,19H2,1-2H3/b26-18-,30-28?. The van der Waals surface area contributed by atoms with Crippen LogP contribution >= 0.6 is 27.7 Å². The molecular weight excluding hydrogens is 524 g/mol. The van der Waals surface area contributed by atoms with Crippen molar-refractivity contribution in [2.45, 2.75) is 20.5 Å². The molecule has 0 aromatic heterocycles. The van der Waals surface area contributed by atoms with E-state index in [-0.39, 0.29) is 5.91 Å². The van der Waals surface area contributed by atoms with E-state index >= 15 is 0 Å². The molecule has 3 aromatic rings. The Morgan fingerprint density at radius 1 is 1.06 bits per heavy atom. The number of hydrogen-bond donors (Lipinski definition) is 0. The van der Waals surface area contributed by atoms with E-state index in [1.54, 1.807) is 4.90 Å². The summed E-state index contributed by atoms with van der Waals surface area (Å²) >= 11 is 4.99. The molecule has 5 nitrogen and oxygen atoms in total. The van der Waals surface area contributed by atoms with E-state index in [4.69, 9.17) is 14.5 Å². The number of rotatable bonds is 9. The van der Waals surface area contributed by atoms with Crippen LogP contribution in [0.2, 0.25) is 0 Å². The summed E-state index contributed by atoms with van der Waals surface area (Å²) in [6.07, 6.45) is 1.89. The predicted octanol–water partition coefficient (Wildman–Crippen LogP) is 6.98. The van der Waals surface area contributed by atoms with Crippen molar-refractivity contribution in [2.75, 3.05) is 19.8 Å². The van der Waals surface area contributed by atoms with Crippen LogP contribution in [0.1, 0.15) is 23.6 Å². The molecule has 0 atom stereocenters. The number of carbonyl (C=O) groups excluding carboxylic acids is 1. The SMILES string of the molecule is CCOCCN1C(=O)/C(=C/c2ccc(OCc3ccc(C)cc3)c(Br)c2)SC1=Nc1ccccc1. The van der Waals surface area contributed by atoms with Crippen molar-refractivity contribution >= 4 is 50.5 Å². The molecule has 0 spiro atoms. The third-order valence-corrected chi connectivity index (χ3v) is 6.93. The number of amides is 1. The lowest BCUT2D eigenvalue weighted by atomic mass is 10.1. The van der Waals surface area contributed by atoms with Crippen molar-refractivity contribution in [3.63, 3.8) is 0 Å². The molecule has 35 heavy (non-hydrogen) atoms. The van der Waals surface area contributed by atoms with Crippen LogP contribution in [0.5, 0.6) is 5.75 Å². The number of ether oxygens (including phenoxy) is 2. The third-order valence-electron chi connectivity index (χ3n) is 5.30. The molecule has 3 aromatic carbocycles. The summed E-state index contributed by atoms with van der Waals surface area (Å²) in [7, 11) is 0. The van der Waals surface area contributed by atoms with Gasteiger partial charge in [-0.3, -0.25) is 9.69 Å². The average molecular weight is 552 g/mol. The lowest BCUT2D eigenvalue weighted by Crippen LogP contribution is -2.32. The summed E-state index contributed by atoms with van der Waals surface area (Å²) in [5.41, 5.74) is 4.04. The summed E-state index contributed by atoms with van der Waals surface area (Å²) in [6, 6.07) is 23.8. The molecule has 1 aliphatic rings. The van der Waals surface area contributed by atoms with Gasteiger partial charge in [-0.15, -0.1) is 0 Å². The highest BCUT2D eigenvalue weighted by atomic mass is 79.9. The van der Waals surface area contributed by atoms with E-state index in [1.165, 1.54) is 17.3 Å². The first-order chi connectivity index (χ1) is 17.0. The lowest BCUT2D eigenvalue weighted by Gasteiger charge is -2.15. The first-order valence-electron chi connectivity index (χ1n) is 11.4. The fourth-order valence-electron chi connectivity index (χ4n) is 3.42. The van der Waals surface area contributed by atoms with Crippen LogP contribution in [0.4, 0.5) is 5.69 Å². The molecule has 1 saturated heterocycles. The second kappa shape index (κ2) is 12.2. The van der Waals surface area contributed by atoms with Crippen LogP contribution in [-0.4, -0.2) is 35.7 Å². The van der Waals surface area contributed by atoms with Gasteiger partial charge in [0.1, 0.15) is 12.4 Å². The molecule has 1 aliphatic heterocycles. The van der Waals surface area contributed by atoms with Gasteiger partial charge >= 0.3 is 0 Å². The molecule has 1 fully saturated rings. The number of aliphatic imine (C=N–C) groups is 1. The second-order valence-corrected chi connectivity index (χ2v) is 9.82. The van der Waals surface area contributed by atoms with E-state index in [0.29, 0.717) is 36.4 Å². The number of halogens is 1. The van der Waals surface area contributed by atoms with Crippen LogP contribution in [0.15, 0.2) is 87.2 Å². The molecular formula is C28H27BrN2O3S. The quantitative estimate of drug-likeness (QED) is 0.213. The first kappa shape index (κ1) is 25.2. The lowest BCUT2D eigenvalue weighted by molar-refractivity contribution is -0.122. The number of carbonyl (C=O) groups is 1. The number of thioether (sulfide) groups is 1. The highest BCUT2D eigenvalue weighted by Crippen LogP contribution is 2.35.